The van der Waals surface area contributed by atoms with Gasteiger partial charge in [0.2, 0.25) is 17.7 Å². The van der Waals surface area contributed by atoms with Crippen molar-refractivity contribution >= 4 is 23.8 Å². The highest BCUT2D eigenvalue weighted by molar-refractivity contribution is 5.96. The number of hydrogen-bond donors (Lipinski definition) is 11. The van der Waals surface area contributed by atoms with E-state index in [1.165, 1.54) is 12.5 Å². The van der Waals surface area contributed by atoms with E-state index in [2.05, 4.69) is 29.8 Å². The van der Waals surface area contributed by atoms with Gasteiger partial charge in [-0.2, -0.15) is 0 Å². The fraction of sp³-hybridized carbons (Fsp3) is 0.833. The lowest BCUT2D eigenvalue weighted by Gasteiger charge is -2.47. The van der Waals surface area contributed by atoms with Gasteiger partial charge in [0.05, 0.1) is 18.8 Å². The van der Waals surface area contributed by atoms with Gasteiger partial charge >= 0.3 is 6.03 Å². The van der Waals surface area contributed by atoms with Crippen LogP contribution >= 0.6 is 0 Å². The van der Waals surface area contributed by atoms with E-state index in [-0.39, 0.29) is 13.0 Å². The lowest BCUT2D eigenvalue weighted by Crippen LogP contribution is -2.68. The molecule has 0 spiro atoms. The molecule has 4 aliphatic heterocycles. The summed E-state index contributed by atoms with van der Waals surface area (Å²) in [6.45, 7) is 4.59. The van der Waals surface area contributed by atoms with E-state index in [0.29, 0.717) is 12.3 Å². The first-order chi connectivity index (χ1) is 26.5. The van der Waals surface area contributed by atoms with Crippen LogP contribution in [-0.2, 0) is 33.3 Å². The van der Waals surface area contributed by atoms with Crippen molar-refractivity contribution in [1.29, 1.82) is 0 Å². The summed E-state index contributed by atoms with van der Waals surface area (Å²) in [5.41, 5.74) is 0. The number of nitrogens with zero attached hydrogens (tertiary/aromatic N) is 1. The van der Waals surface area contributed by atoms with Crippen LogP contribution in [0.3, 0.4) is 0 Å². The van der Waals surface area contributed by atoms with Crippen LogP contribution in [-0.4, -0.2) is 175 Å². The first kappa shape index (κ1) is 45.8. The standard InChI is InChI=1S/C36H60N4O16/c1-17(2)11-9-7-5-4-6-8-10-12-22(44)38-25-29(49)26(46)20(53-35(25)56-34-24(37-18(3)42)28(48)27(47)21(16-41)54-34)15-19(43)32-30(50)31(51)33(55-32)40-14-13-23(45)39-36(40)52/h10,12,17,19-21,24-35,41,43,46-51H,4-9,11,13-16H2,1-3H3,(H,37,42)(H,38,44)(H,39,45,52)/b12-10+/t19-,20+,21+,24+,25+,26-,27+,28+,29+,30-,31+,32+,33+,34+,35-/m0/s1. The fourth-order valence-electron chi connectivity index (χ4n) is 7.32. The monoisotopic (exact) mass is 804 g/mol. The van der Waals surface area contributed by atoms with Crippen LogP contribution < -0.4 is 16.0 Å². The molecule has 0 bridgehead atoms. The maximum Gasteiger partial charge on any atom is 0.326 e. The van der Waals surface area contributed by atoms with Crippen molar-refractivity contribution in [2.75, 3.05) is 13.2 Å². The molecule has 15 atom stereocenters. The summed E-state index contributed by atoms with van der Waals surface area (Å²) in [6.07, 6.45) is -12.3. The summed E-state index contributed by atoms with van der Waals surface area (Å²) in [6, 6.07) is -3.86. The average Bonchev–Trinajstić information content (AvgIpc) is 3.43. The Hall–Kier alpha value is -2.86. The van der Waals surface area contributed by atoms with E-state index in [4.69, 9.17) is 18.9 Å². The molecule has 4 heterocycles. The quantitative estimate of drug-likeness (QED) is 0.0485. The Balaban J connectivity index is 1.48. The second-order valence-electron chi connectivity index (χ2n) is 15.3. The minimum Gasteiger partial charge on any atom is -0.394 e. The summed E-state index contributed by atoms with van der Waals surface area (Å²) in [7, 11) is 0. The summed E-state index contributed by atoms with van der Waals surface area (Å²) in [4.78, 5) is 50.1. The van der Waals surface area contributed by atoms with E-state index < -0.39 is 129 Å². The zero-order chi connectivity index (χ0) is 41.3. The highest BCUT2D eigenvalue weighted by atomic mass is 16.8. The minimum absolute atomic E-state index is 0.0995. The number of allylic oxidation sites excluding steroid dienone is 1. The molecular weight excluding hydrogens is 744 g/mol. The molecule has 0 aromatic carbocycles. The van der Waals surface area contributed by atoms with Crippen LogP contribution in [0.1, 0.15) is 78.6 Å². The zero-order valence-electron chi connectivity index (χ0n) is 32.0. The molecule has 20 nitrogen and oxygen atoms in total. The predicted octanol–water partition coefficient (Wildman–Crippen LogP) is -3.04. The van der Waals surface area contributed by atoms with Crippen molar-refractivity contribution in [1.82, 2.24) is 20.9 Å². The molecule has 0 unspecified atom stereocenters. The first-order valence-electron chi connectivity index (χ1n) is 19.4. The van der Waals surface area contributed by atoms with Gasteiger partial charge in [-0.15, -0.1) is 0 Å². The third-order valence-corrected chi connectivity index (χ3v) is 10.5. The van der Waals surface area contributed by atoms with Gasteiger partial charge in [0.1, 0.15) is 60.9 Å². The number of imide groups is 1. The highest BCUT2D eigenvalue weighted by Gasteiger charge is 2.54. The average molecular weight is 805 g/mol. The van der Waals surface area contributed by atoms with E-state index in [1.54, 1.807) is 6.08 Å². The normalized spacial score (nSPS) is 37.2. The number of aliphatic hydroxyl groups is 8. The van der Waals surface area contributed by atoms with Gasteiger partial charge in [0.15, 0.2) is 18.8 Å². The number of carbonyl (C=O) groups is 4. The van der Waals surface area contributed by atoms with Gasteiger partial charge < -0.3 is 70.4 Å². The second-order valence-corrected chi connectivity index (χ2v) is 15.3. The van der Waals surface area contributed by atoms with Crippen molar-refractivity contribution in [2.45, 2.75) is 170 Å². The van der Waals surface area contributed by atoms with E-state index in [9.17, 15) is 60.0 Å². The Morgan fingerprint density at radius 1 is 0.857 bits per heavy atom. The van der Waals surface area contributed by atoms with Crippen molar-refractivity contribution < 1.29 is 79.0 Å². The van der Waals surface area contributed by atoms with Crippen molar-refractivity contribution in [2.24, 2.45) is 5.92 Å². The Labute approximate surface area is 325 Å². The van der Waals surface area contributed by atoms with Gasteiger partial charge in [0.25, 0.3) is 0 Å². The molecule has 4 fully saturated rings. The van der Waals surface area contributed by atoms with Crippen molar-refractivity contribution in [3.63, 3.8) is 0 Å². The number of hydrogen-bond acceptors (Lipinski definition) is 16. The highest BCUT2D eigenvalue weighted by Crippen LogP contribution is 2.33. The van der Waals surface area contributed by atoms with E-state index in [1.807, 2.05) is 0 Å². The maximum atomic E-state index is 13.1. The lowest BCUT2D eigenvalue weighted by atomic mass is 9.91. The Kier molecular flexibility index (Phi) is 17.4. The topological polar surface area (TPSA) is 306 Å². The molecule has 11 N–H and O–H groups in total. The zero-order valence-corrected chi connectivity index (χ0v) is 32.0. The molecule has 0 saturated carbocycles. The van der Waals surface area contributed by atoms with Crippen LogP contribution in [0.4, 0.5) is 4.79 Å². The SMILES string of the molecule is CC(=O)N[C@H]1[C@@H](O[C@@H]2O[C@H](C[C@H](O)[C@H]3O[C@@H](N4CCC(=O)NC4=O)[C@H](O)[C@@H]3O)[C@H](O)[C@H](O)[C@H]2NC(=O)/C=C/CCCCCCCC(C)C)O[C@H](CO)[C@@H](O)[C@@H]1O. The molecule has 56 heavy (non-hydrogen) atoms. The molecule has 0 radical (unpaired) electrons. The van der Waals surface area contributed by atoms with Crippen LogP contribution in [0, 0.1) is 5.92 Å². The maximum absolute atomic E-state index is 13.1. The van der Waals surface area contributed by atoms with E-state index >= 15 is 0 Å². The number of urea groups is 1. The predicted molar refractivity (Wildman–Crippen MR) is 192 cm³/mol. The van der Waals surface area contributed by atoms with Gasteiger partial charge in [-0.05, 0) is 24.8 Å². The number of ether oxygens (including phenoxy) is 4. The number of unbranched alkanes of at least 4 members (excludes halogenated alkanes) is 5. The third-order valence-electron chi connectivity index (χ3n) is 10.5. The Bertz CT molecular complexity index is 1340. The Morgan fingerprint density at radius 3 is 2.09 bits per heavy atom. The molecular formula is C36H60N4O16. The van der Waals surface area contributed by atoms with Gasteiger partial charge in [-0.3, -0.25) is 24.6 Å². The van der Waals surface area contributed by atoms with Gasteiger partial charge in [-0.1, -0.05) is 52.0 Å². The van der Waals surface area contributed by atoms with E-state index in [0.717, 1.165) is 43.9 Å². The first-order valence-corrected chi connectivity index (χ1v) is 19.4. The summed E-state index contributed by atoms with van der Waals surface area (Å²) < 4.78 is 23.3. The van der Waals surface area contributed by atoms with Crippen molar-refractivity contribution in [3.8, 4) is 0 Å². The molecule has 4 saturated heterocycles. The molecule has 5 amide bonds. The number of aliphatic hydroxyl groups excluding tert-OH is 8. The van der Waals surface area contributed by atoms with Gasteiger partial charge in [-0.25, -0.2) is 4.79 Å². The number of rotatable bonds is 18. The third kappa shape index (κ3) is 11.9. The summed E-state index contributed by atoms with van der Waals surface area (Å²) >= 11 is 0. The molecule has 20 heteroatoms. The van der Waals surface area contributed by atoms with Gasteiger partial charge in [0, 0.05) is 26.3 Å². The fourth-order valence-corrected chi connectivity index (χ4v) is 7.32. The summed E-state index contributed by atoms with van der Waals surface area (Å²) in [5, 5.41) is 93.4. The minimum atomic E-state index is -1.84. The van der Waals surface area contributed by atoms with Crippen LogP contribution in [0.2, 0.25) is 0 Å². The molecule has 0 aliphatic carbocycles. The molecule has 0 aromatic heterocycles. The Morgan fingerprint density at radius 2 is 1.46 bits per heavy atom. The molecule has 4 aliphatic rings. The molecule has 0 aromatic rings. The number of amides is 5. The van der Waals surface area contributed by atoms with Crippen molar-refractivity contribution in [3.05, 3.63) is 12.2 Å². The smallest absolute Gasteiger partial charge is 0.326 e. The van der Waals surface area contributed by atoms with Crippen LogP contribution in [0.15, 0.2) is 12.2 Å². The van der Waals surface area contributed by atoms with Crippen LogP contribution in [0.5, 0.6) is 0 Å². The lowest BCUT2D eigenvalue weighted by molar-refractivity contribution is -0.346. The largest absolute Gasteiger partial charge is 0.394 e. The summed E-state index contributed by atoms with van der Waals surface area (Å²) in [5.74, 6) is -1.23. The molecule has 4 rings (SSSR count). The number of carbonyl (C=O) groups excluding carboxylic acids is 4. The molecule has 320 valence electrons. The second kappa shape index (κ2) is 21.2. The number of nitrogens with one attached hydrogen (secondary N) is 3. The van der Waals surface area contributed by atoms with Crippen LogP contribution in [0.25, 0.3) is 0 Å².